The van der Waals surface area contributed by atoms with Crippen molar-refractivity contribution in [2.24, 2.45) is 5.92 Å². The topological polar surface area (TPSA) is 70.2 Å². The zero-order valence-corrected chi connectivity index (χ0v) is 21.1. The maximum atomic E-state index is 13.8. The van der Waals surface area contributed by atoms with Gasteiger partial charge in [-0.25, -0.2) is 8.78 Å². The van der Waals surface area contributed by atoms with E-state index in [2.05, 4.69) is 16.2 Å². The molecule has 0 spiro atoms. The monoisotopic (exact) mass is 577 g/mol. The fraction of sp³-hybridized carbons (Fsp3) is 0.130. The normalized spacial score (nSPS) is 18.0. The van der Waals surface area contributed by atoms with Crippen LogP contribution in [0.2, 0.25) is 15.1 Å². The molecule has 4 rings (SSSR count). The summed E-state index contributed by atoms with van der Waals surface area (Å²) in [6.45, 7) is 0. The molecule has 1 saturated carbocycles. The molecule has 35 heavy (non-hydrogen) atoms. The Hall–Kier alpha value is -2.29. The van der Waals surface area contributed by atoms with Gasteiger partial charge in [0.05, 0.1) is 22.2 Å². The molecule has 1 aliphatic rings. The smallest absolute Gasteiger partial charge is 0.271 e. The maximum absolute atomic E-state index is 13.8. The minimum Gasteiger partial charge on any atom is -0.326 e. The van der Waals surface area contributed by atoms with Crippen LogP contribution in [0.25, 0.3) is 0 Å². The average molecular weight is 580 g/mol. The number of hydrogen-bond acceptors (Lipinski definition) is 3. The first-order valence-corrected chi connectivity index (χ1v) is 11.8. The first kappa shape index (κ1) is 25.8. The average Bonchev–Trinajstić information content (AvgIpc) is 3.37. The van der Waals surface area contributed by atoms with E-state index in [0.29, 0.717) is 15.6 Å². The van der Waals surface area contributed by atoms with Gasteiger partial charge in [-0.3, -0.25) is 20.4 Å². The minimum atomic E-state index is -1.39. The molecule has 2 amide bonds. The summed E-state index contributed by atoms with van der Waals surface area (Å²) in [4.78, 5) is 25.5. The zero-order valence-electron chi connectivity index (χ0n) is 17.3. The van der Waals surface area contributed by atoms with E-state index < -0.39 is 39.6 Å². The van der Waals surface area contributed by atoms with Gasteiger partial charge in [-0.15, -0.1) is 23.2 Å². The Labute approximate surface area is 223 Å². The van der Waals surface area contributed by atoms with E-state index in [1.807, 2.05) is 0 Å². The Bertz CT molecular complexity index is 1320. The highest BCUT2D eigenvalue weighted by Crippen LogP contribution is 2.65. The van der Waals surface area contributed by atoms with Crippen molar-refractivity contribution in [2.45, 2.75) is 10.3 Å². The molecule has 3 aromatic rings. The van der Waals surface area contributed by atoms with Crippen molar-refractivity contribution in [1.29, 1.82) is 0 Å². The first-order valence-electron chi connectivity index (χ1n) is 9.93. The Balaban J connectivity index is 1.47. The molecular formula is C23H14Cl5F2N3O2. The molecule has 5 nitrogen and oxygen atoms in total. The summed E-state index contributed by atoms with van der Waals surface area (Å²) in [7, 11) is 0. The lowest BCUT2D eigenvalue weighted by molar-refractivity contribution is -0.117. The molecule has 1 aliphatic carbocycles. The van der Waals surface area contributed by atoms with Gasteiger partial charge in [0.25, 0.3) is 5.91 Å². The van der Waals surface area contributed by atoms with Crippen molar-refractivity contribution in [3.8, 4) is 0 Å². The summed E-state index contributed by atoms with van der Waals surface area (Å²) in [6, 6.07) is 11.7. The molecule has 2 unspecified atom stereocenters. The number of hydrogen-bond donors (Lipinski definition) is 3. The molecule has 3 aromatic carbocycles. The lowest BCUT2D eigenvalue weighted by atomic mass is 10.1. The van der Waals surface area contributed by atoms with Gasteiger partial charge in [-0.05, 0) is 54.1 Å². The molecule has 0 aliphatic heterocycles. The third-order valence-electron chi connectivity index (χ3n) is 5.30. The van der Waals surface area contributed by atoms with Gasteiger partial charge in [0.15, 0.2) is 0 Å². The van der Waals surface area contributed by atoms with Crippen molar-refractivity contribution in [1.82, 2.24) is 5.43 Å². The number of benzene rings is 3. The van der Waals surface area contributed by atoms with E-state index in [9.17, 15) is 18.4 Å². The predicted molar refractivity (Wildman–Crippen MR) is 135 cm³/mol. The molecule has 0 saturated heterocycles. The van der Waals surface area contributed by atoms with E-state index in [1.54, 1.807) is 18.2 Å². The minimum absolute atomic E-state index is 0.0363. The van der Waals surface area contributed by atoms with Gasteiger partial charge in [0, 0.05) is 27.7 Å². The van der Waals surface area contributed by atoms with Gasteiger partial charge in [0.1, 0.15) is 16.0 Å². The second-order valence-electron chi connectivity index (χ2n) is 7.72. The van der Waals surface area contributed by atoms with Crippen LogP contribution >= 0.6 is 58.0 Å². The molecule has 0 bridgehead atoms. The molecule has 0 aromatic heterocycles. The Morgan fingerprint density at radius 3 is 2.26 bits per heavy atom. The van der Waals surface area contributed by atoms with Crippen LogP contribution in [0.1, 0.15) is 21.8 Å². The number of carbonyl (C=O) groups excluding carboxylic acids is 2. The van der Waals surface area contributed by atoms with E-state index in [4.69, 9.17) is 58.0 Å². The number of hydrazine groups is 1. The van der Waals surface area contributed by atoms with Gasteiger partial charge >= 0.3 is 0 Å². The SMILES string of the molecule is O=C(NNc1cc(F)ccc1F)c1cc(NC(=O)C2C(c3cc(Cl)cc(Cl)c3)C2(Cl)Cl)ccc1Cl. The van der Waals surface area contributed by atoms with Crippen molar-refractivity contribution >= 4 is 81.2 Å². The van der Waals surface area contributed by atoms with Gasteiger partial charge in [-0.1, -0.05) is 34.8 Å². The molecule has 3 N–H and O–H groups in total. The van der Waals surface area contributed by atoms with Crippen LogP contribution in [0.4, 0.5) is 20.2 Å². The third-order valence-corrected chi connectivity index (χ3v) is 7.00. The summed E-state index contributed by atoms with van der Waals surface area (Å²) in [5.41, 5.74) is 5.06. The number of amides is 2. The van der Waals surface area contributed by atoms with Crippen LogP contribution in [-0.4, -0.2) is 16.1 Å². The standard InChI is InChI=1S/C23H14Cl5F2N3O2/c24-11-5-10(6-12(25)7-11)19-20(23(19,27)28)22(35)31-14-2-3-16(26)15(9-14)21(34)33-32-18-8-13(29)1-4-17(18)30/h1-9,19-20,32H,(H,31,35)(H,33,34). The zero-order chi connectivity index (χ0) is 25.5. The molecule has 0 radical (unpaired) electrons. The fourth-order valence-electron chi connectivity index (χ4n) is 3.60. The lowest BCUT2D eigenvalue weighted by Gasteiger charge is -2.12. The predicted octanol–water partition coefficient (Wildman–Crippen LogP) is 7.21. The Kier molecular flexibility index (Phi) is 7.36. The quantitative estimate of drug-likeness (QED) is 0.214. The number of nitrogens with one attached hydrogen (secondary N) is 3. The maximum Gasteiger partial charge on any atom is 0.271 e. The highest BCUT2D eigenvalue weighted by atomic mass is 35.5. The van der Waals surface area contributed by atoms with Gasteiger partial charge in [0.2, 0.25) is 5.91 Å². The van der Waals surface area contributed by atoms with Crippen LogP contribution in [0.3, 0.4) is 0 Å². The van der Waals surface area contributed by atoms with Crippen LogP contribution < -0.4 is 16.2 Å². The number of alkyl halides is 2. The van der Waals surface area contributed by atoms with Crippen molar-refractivity contribution in [3.63, 3.8) is 0 Å². The van der Waals surface area contributed by atoms with E-state index in [0.717, 1.165) is 18.2 Å². The van der Waals surface area contributed by atoms with Crippen LogP contribution in [0.5, 0.6) is 0 Å². The molecule has 12 heteroatoms. The Morgan fingerprint density at radius 1 is 0.886 bits per heavy atom. The van der Waals surface area contributed by atoms with Crippen LogP contribution in [0, 0.1) is 17.6 Å². The summed E-state index contributed by atoms with van der Waals surface area (Å²) < 4.78 is 25.7. The molecule has 1 fully saturated rings. The van der Waals surface area contributed by atoms with E-state index in [1.165, 1.54) is 18.2 Å². The molecular weight excluding hydrogens is 566 g/mol. The van der Waals surface area contributed by atoms with Gasteiger partial charge in [-0.2, -0.15) is 0 Å². The summed E-state index contributed by atoms with van der Waals surface area (Å²) in [5, 5.41) is 3.47. The summed E-state index contributed by atoms with van der Waals surface area (Å²) >= 11 is 31.0. The van der Waals surface area contributed by atoms with Crippen molar-refractivity contribution in [2.75, 3.05) is 10.7 Å². The van der Waals surface area contributed by atoms with Crippen LogP contribution in [0.15, 0.2) is 54.6 Å². The number of halogens is 7. The van der Waals surface area contributed by atoms with Crippen molar-refractivity contribution in [3.05, 3.63) is 92.4 Å². The molecule has 2 atom stereocenters. The number of rotatable bonds is 6. The second-order valence-corrected chi connectivity index (χ2v) is 10.4. The van der Waals surface area contributed by atoms with Gasteiger partial charge < -0.3 is 5.32 Å². The Morgan fingerprint density at radius 2 is 1.57 bits per heavy atom. The molecule has 182 valence electrons. The first-order chi connectivity index (χ1) is 16.5. The lowest BCUT2D eigenvalue weighted by Crippen LogP contribution is -2.30. The van der Waals surface area contributed by atoms with Crippen molar-refractivity contribution < 1.29 is 18.4 Å². The molecule has 0 heterocycles. The van der Waals surface area contributed by atoms with Crippen LogP contribution in [-0.2, 0) is 4.79 Å². The fourth-order valence-corrected chi connectivity index (χ4v) is 5.18. The summed E-state index contributed by atoms with van der Waals surface area (Å²) in [5.74, 6) is -4.08. The number of anilines is 2. The largest absolute Gasteiger partial charge is 0.326 e. The number of carbonyl (C=O) groups is 2. The van der Waals surface area contributed by atoms with E-state index in [-0.39, 0.29) is 22.0 Å². The van der Waals surface area contributed by atoms with E-state index >= 15 is 0 Å². The highest BCUT2D eigenvalue weighted by molar-refractivity contribution is 6.53. The summed E-state index contributed by atoms with van der Waals surface area (Å²) in [6.07, 6.45) is 0. The highest BCUT2D eigenvalue weighted by Gasteiger charge is 2.67. The second kappa shape index (κ2) is 9.99. The third kappa shape index (κ3) is 5.60.